The zero-order chi connectivity index (χ0) is 21.9. The van der Waals surface area contributed by atoms with E-state index in [1.807, 2.05) is 0 Å². The van der Waals surface area contributed by atoms with E-state index in [0.717, 1.165) is 0 Å². The summed E-state index contributed by atoms with van der Waals surface area (Å²) in [6.07, 6.45) is 7.03. The van der Waals surface area contributed by atoms with Crippen molar-refractivity contribution >= 4 is 11.1 Å². The molecule has 0 bridgehead atoms. The average Bonchev–Trinajstić information content (AvgIpc) is 3.38. The molecule has 6 rings (SSSR count). The van der Waals surface area contributed by atoms with Crippen molar-refractivity contribution in [1.29, 1.82) is 0 Å². The molecule has 0 radical (unpaired) electrons. The number of hydrogen-bond acceptors (Lipinski definition) is 0. The van der Waals surface area contributed by atoms with Crippen molar-refractivity contribution in [2.45, 2.75) is 25.7 Å². The molecule has 0 heterocycles. The molecule has 33 heavy (non-hydrogen) atoms. The molecule has 0 N–H and O–H groups in total. The second-order valence-electron chi connectivity index (χ2n) is 8.43. The van der Waals surface area contributed by atoms with Crippen LogP contribution in [0.25, 0.3) is 11.1 Å². The van der Waals surface area contributed by atoms with Gasteiger partial charge in [0.25, 0.3) is 0 Å². The first-order valence-electron chi connectivity index (χ1n) is 11.3. The minimum absolute atomic E-state index is 0. The minimum Gasteiger partial charge on any atom is -0.146 e. The minimum atomic E-state index is 0. The monoisotopic (exact) mass is 500 g/mol. The summed E-state index contributed by atoms with van der Waals surface area (Å²) in [5.41, 5.74) is 10.5. The zero-order valence-corrected chi connectivity index (χ0v) is 21.5. The van der Waals surface area contributed by atoms with E-state index in [0.29, 0.717) is 11.8 Å². The van der Waals surface area contributed by atoms with Crippen molar-refractivity contribution in [3.05, 3.63) is 155 Å². The molecule has 0 fully saturated rings. The van der Waals surface area contributed by atoms with Gasteiger partial charge in [0, 0.05) is 0 Å². The standard InChI is InChI=1S/2C16H13.Zr/c2*1-12-15-10-6-5-9-14(15)11-16(12)13-7-3-2-4-8-13;/h2*2-10,12H,1H3;/q2*-1;+2. The molecule has 2 aliphatic rings. The number of hydrogen-bond donors (Lipinski definition) is 0. The molecular formula is C32H26Zr. The third-order valence-electron chi connectivity index (χ3n) is 6.43. The molecule has 2 atom stereocenters. The number of benzene rings is 4. The summed E-state index contributed by atoms with van der Waals surface area (Å²) in [7, 11) is 0. The molecule has 1 heteroatoms. The fraction of sp³-hybridized carbons (Fsp3) is 0.125. The second kappa shape index (κ2) is 10.5. The summed E-state index contributed by atoms with van der Waals surface area (Å²) in [4.78, 5) is 0. The van der Waals surface area contributed by atoms with Crippen molar-refractivity contribution in [2.24, 2.45) is 0 Å². The first-order valence-corrected chi connectivity index (χ1v) is 11.3. The van der Waals surface area contributed by atoms with Gasteiger partial charge in [0.2, 0.25) is 0 Å². The van der Waals surface area contributed by atoms with Gasteiger partial charge in [-0.3, -0.25) is 0 Å². The Balaban J connectivity index is 0.000000152. The van der Waals surface area contributed by atoms with Crippen molar-refractivity contribution in [3.63, 3.8) is 0 Å². The Morgan fingerprint density at radius 1 is 0.455 bits per heavy atom. The summed E-state index contributed by atoms with van der Waals surface area (Å²) < 4.78 is 0. The fourth-order valence-electron chi connectivity index (χ4n) is 4.67. The van der Waals surface area contributed by atoms with Crippen molar-refractivity contribution in [3.8, 4) is 0 Å². The zero-order valence-electron chi connectivity index (χ0n) is 19.0. The van der Waals surface area contributed by atoms with Crippen LogP contribution in [0.5, 0.6) is 0 Å². The summed E-state index contributed by atoms with van der Waals surface area (Å²) in [6.45, 7) is 4.50. The topological polar surface area (TPSA) is 0 Å². The Morgan fingerprint density at radius 3 is 1.15 bits per heavy atom. The average molecular weight is 502 g/mol. The van der Waals surface area contributed by atoms with E-state index in [9.17, 15) is 0 Å². The van der Waals surface area contributed by atoms with Gasteiger partial charge in [0.1, 0.15) is 0 Å². The molecule has 2 aliphatic carbocycles. The van der Waals surface area contributed by atoms with Crippen LogP contribution >= 0.6 is 0 Å². The maximum atomic E-state index is 3.52. The largest absolute Gasteiger partial charge is 2.00 e. The number of rotatable bonds is 2. The summed E-state index contributed by atoms with van der Waals surface area (Å²) >= 11 is 0. The predicted octanol–water partition coefficient (Wildman–Crippen LogP) is 8.07. The summed E-state index contributed by atoms with van der Waals surface area (Å²) in [5, 5.41) is 0. The van der Waals surface area contributed by atoms with Gasteiger partial charge in [-0.05, 0) is 11.8 Å². The van der Waals surface area contributed by atoms with E-state index in [2.05, 4.69) is 135 Å². The third kappa shape index (κ3) is 4.80. The van der Waals surface area contributed by atoms with Crippen LogP contribution in [-0.4, -0.2) is 0 Å². The van der Waals surface area contributed by atoms with Gasteiger partial charge in [-0.1, -0.05) is 97.8 Å². The maximum absolute atomic E-state index is 3.52. The Kier molecular flexibility index (Phi) is 7.41. The van der Waals surface area contributed by atoms with E-state index >= 15 is 0 Å². The summed E-state index contributed by atoms with van der Waals surface area (Å²) in [5.74, 6) is 0.914. The Labute approximate surface area is 216 Å². The molecule has 4 aromatic carbocycles. The smallest absolute Gasteiger partial charge is 0.146 e. The normalized spacial score (nSPS) is 17.5. The molecule has 0 aromatic heterocycles. The van der Waals surface area contributed by atoms with Gasteiger partial charge in [-0.15, -0.1) is 82.0 Å². The Morgan fingerprint density at radius 2 is 0.788 bits per heavy atom. The molecule has 0 spiro atoms. The van der Waals surface area contributed by atoms with Crippen LogP contribution in [0.4, 0.5) is 0 Å². The Hall–Kier alpha value is -2.76. The van der Waals surface area contributed by atoms with E-state index in [4.69, 9.17) is 0 Å². The van der Waals surface area contributed by atoms with Crippen LogP contribution in [-0.2, 0) is 26.2 Å². The van der Waals surface area contributed by atoms with Crippen molar-refractivity contribution in [1.82, 2.24) is 0 Å². The van der Waals surface area contributed by atoms with Gasteiger partial charge in [-0.25, -0.2) is 0 Å². The van der Waals surface area contributed by atoms with Gasteiger partial charge in [0.15, 0.2) is 0 Å². The molecule has 4 aromatic rings. The fourth-order valence-corrected chi connectivity index (χ4v) is 4.67. The molecule has 0 nitrogen and oxygen atoms in total. The van der Waals surface area contributed by atoms with Crippen molar-refractivity contribution in [2.75, 3.05) is 0 Å². The molecule has 2 unspecified atom stereocenters. The second-order valence-corrected chi connectivity index (χ2v) is 8.43. The van der Waals surface area contributed by atoms with Crippen LogP contribution in [0.15, 0.2) is 109 Å². The van der Waals surface area contributed by atoms with Crippen LogP contribution in [0.3, 0.4) is 0 Å². The number of allylic oxidation sites excluding steroid dienone is 2. The first kappa shape index (κ1) is 23.4. The molecule has 0 aliphatic heterocycles. The van der Waals surface area contributed by atoms with Gasteiger partial charge in [-0.2, -0.15) is 0 Å². The SMILES string of the molecule is CC1C(c2ccccc2)=[C-]c2ccccc21.CC1C(c2ccccc2)=[C-]c2ccccc21.[Zr+2]. The quantitative estimate of drug-likeness (QED) is 0.244. The van der Waals surface area contributed by atoms with Crippen LogP contribution in [0, 0.1) is 12.2 Å². The first-order chi connectivity index (χ1) is 15.7. The summed E-state index contributed by atoms with van der Waals surface area (Å²) in [6, 6.07) is 38.1. The molecule has 158 valence electrons. The van der Waals surface area contributed by atoms with Crippen LogP contribution < -0.4 is 0 Å². The van der Waals surface area contributed by atoms with Gasteiger partial charge >= 0.3 is 26.2 Å². The predicted molar refractivity (Wildman–Crippen MR) is 134 cm³/mol. The third-order valence-corrected chi connectivity index (χ3v) is 6.43. The molecule has 0 saturated carbocycles. The van der Waals surface area contributed by atoms with Gasteiger partial charge < -0.3 is 0 Å². The van der Waals surface area contributed by atoms with Crippen molar-refractivity contribution < 1.29 is 26.2 Å². The van der Waals surface area contributed by atoms with Gasteiger partial charge in [0.05, 0.1) is 0 Å². The molecular weight excluding hydrogens is 476 g/mol. The van der Waals surface area contributed by atoms with Crippen LogP contribution in [0.2, 0.25) is 0 Å². The van der Waals surface area contributed by atoms with Crippen LogP contribution in [0.1, 0.15) is 59.1 Å². The van der Waals surface area contributed by atoms with E-state index < -0.39 is 0 Å². The molecule has 0 saturated heterocycles. The Bertz CT molecular complexity index is 1180. The van der Waals surface area contributed by atoms with E-state index in [1.165, 1.54) is 44.5 Å². The molecule has 0 amide bonds. The number of fused-ring (bicyclic) bond motifs is 2. The van der Waals surface area contributed by atoms with E-state index in [-0.39, 0.29) is 26.2 Å². The maximum Gasteiger partial charge on any atom is 2.00 e. The van der Waals surface area contributed by atoms with E-state index in [1.54, 1.807) is 0 Å².